The zero-order valence-electron chi connectivity index (χ0n) is 33.6. The second-order valence-corrected chi connectivity index (χ2v) is 19.7. The molecule has 288 valence electrons. The van der Waals surface area contributed by atoms with Crippen LogP contribution in [0.1, 0.15) is 122 Å². The van der Waals surface area contributed by atoms with Gasteiger partial charge in [-0.3, -0.25) is 15.5 Å². The van der Waals surface area contributed by atoms with Gasteiger partial charge in [0.2, 0.25) is 5.91 Å². The number of amides is 2. The van der Waals surface area contributed by atoms with Crippen LogP contribution in [0.25, 0.3) is 0 Å². The number of rotatable bonds is 6. The minimum atomic E-state index is -0.463. The van der Waals surface area contributed by atoms with Crippen molar-refractivity contribution in [2.75, 3.05) is 5.32 Å². The molecule has 5 aliphatic rings. The summed E-state index contributed by atoms with van der Waals surface area (Å²) < 4.78 is 7.83. The molecule has 0 aliphatic heterocycles. The zero-order valence-corrected chi connectivity index (χ0v) is 33.6. The second kappa shape index (κ2) is 12.8. The molecule has 3 unspecified atom stereocenters. The maximum absolute atomic E-state index is 13.7. The van der Waals surface area contributed by atoms with Gasteiger partial charge in [-0.1, -0.05) is 121 Å². The Balaban J connectivity index is 1.18. The summed E-state index contributed by atoms with van der Waals surface area (Å²) in [5.74, 6) is 7.77. The fourth-order valence-corrected chi connectivity index (χ4v) is 13.2. The second-order valence-electron chi connectivity index (χ2n) is 19.7. The number of ether oxygens (including phenoxy) is 1. The van der Waals surface area contributed by atoms with Gasteiger partial charge in [0.15, 0.2) is 0 Å². The van der Waals surface area contributed by atoms with Crippen LogP contribution in [0, 0.1) is 44.8 Å². The van der Waals surface area contributed by atoms with E-state index in [0.717, 1.165) is 86.0 Å². The van der Waals surface area contributed by atoms with E-state index in [0.29, 0.717) is 18.4 Å². The molecule has 0 bridgehead atoms. The molecule has 54 heavy (non-hydrogen) atoms. The predicted octanol–water partition coefficient (Wildman–Crippen LogP) is 9.49. The third-order valence-corrected chi connectivity index (χ3v) is 16.2. The summed E-state index contributed by atoms with van der Waals surface area (Å²) in [6.07, 6.45) is 11.1. The molecule has 7 atom stereocenters. The van der Waals surface area contributed by atoms with Crippen LogP contribution in [-0.4, -0.2) is 21.8 Å². The van der Waals surface area contributed by atoms with Crippen LogP contribution in [0.15, 0.2) is 72.3 Å². The van der Waals surface area contributed by atoms with Crippen molar-refractivity contribution in [3.63, 3.8) is 0 Å². The highest BCUT2D eigenvalue weighted by atomic mass is 16.5. The van der Waals surface area contributed by atoms with Crippen molar-refractivity contribution < 1.29 is 14.3 Å². The minimum absolute atomic E-state index is 0.0232. The summed E-state index contributed by atoms with van der Waals surface area (Å²) in [4.78, 5) is 27.3. The van der Waals surface area contributed by atoms with Crippen LogP contribution in [0.3, 0.4) is 0 Å². The quantitative estimate of drug-likeness (QED) is 0.101. The number of nitrogens with two attached hydrogens (primary N) is 1. The third kappa shape index (κ3) is 5.51. The molecule has 3 aromatic rings. The molecule has 1 heterocycles. The van der Waals surface area contributed by atoms with Crippen LogP contribution in [0.5, 0.6) is 0 Å². The summed E-state index contributed by atoms with van der Waals surface area (Å²) in [5.41, 5.74) is 8.00. The van der Waals surface area contributed by atoms with Crippen LogP contribution in [-0.2, 0) is 34.5 Å². The number of carbonyl (C=O) groups excluding carboxylic acids is 2. The smallest absolute Gasteiger partial charge is 0.413 e. The van der Waals surface area contributed by atoms with Crippen molar-refractivity contribution in [3.05, 3.63) is 94.7 Å². The average molecular weight is 732 g/mol. The minimum Gasteiger partial charge on any atom is -0.444 e. The summed E-state index contributed by atoms with van der Waals surface area (Å²) in [6, 6.07) is 20.2. The molecule has 2 amide bonds. The van der Waals surface area contributed by atoms with E-state index >= 15 is 0 Å². The molecular weight excluding hydrogens is 671 g/mol. The largest absolute Gasteiger partial charge is 0.444 e. The number of benzene rings is 2. The molecule has 8 nitrogen and oxygen atoms in total. The van der Waals surface area contributed by atoms with Gasteiger partial charge in [-0.15, -0.1) is 0 Å². The first-order valence-electron chi connectivity index (χ1n) is 20.4. The Labute approximate surface area is 322 Å². The number of allylic oxidation sites excluding steroid dienone is 2. The number of anilines is 1. The van der Waals surface area contributed by atoms with Crippen LogP contribution in [0.2, 0.25) is 0 Å². The van der Waals surface area contributed by atoms with E-state index in [-0.39, 0.29) is 45.5 Å². The third-order valence-electron chi connectivity index (χ3n) is 16.2. The predicted molar refractivity (Wildman–Crippen MR) is 213 cm³/mol. The zero-order chi connectivity index (χ0) is 38.3. The number of nitrogens with zero attached hydrogens (tertiary/aromatic N) is 2. The number of hydrazine groups is 1. The number of nitrogens with one attached hydrogen (secondary N) is 2. The molecule has 3 fully saturated rings. The number of fused-ring (bicyclic) bond motifs is 8. The molecule has 2 aromatic carbocycles. The maximum atomic E-state index is 13.7. The average Bonchev–Trinajstić information content (AvgIpc) is 3.47. The Hall–Kier alpha value is -3.91. The van der Waals surface area contributed by atoms with Crippen LogP contribution < -0.4 is 16.6 Å². The lowest BCUT2D eigenvalue weighted by molar-refractivity contribution is -0.167. The summed E-state index contributed by atoms with van der Waals surface area (Å²) >= 11 is 0. The molecule has 1 aromatic heterocycles. The van der Waals surface area contributed by atoms with Gasteiger partial charge in [-0.25, -0.2) is 15.3 Å². The number of hydrogen-bond donors (Lipinski definition) is 3. The lowest BCUT2D eigenvalue weighted by atomic mass is 9.33. The molecule has 0 spiro atoms. The molecule has 5 aliphatic carbocycles. The maximum Gasteiger partial charge on any atom is 0.413 e. The standard InChI is InChI=1S/C46H61N5O3/c1-41(2)22-24-46(39(52)49-47)25-23-44(6)33(34(46)27-41)18-19-36-43(5)26-32-37(42(3,4)35(43)20-21-45(36,44)7)50-51(28-30-14-10-8-11-15-30)38(32)48-40(53)54-29-31-16-12-9-13-17-31/h8-18,34-36H,19-29,47H2,1-7H3,(H,48,53)(H,49,52)/t34?,35?,36?,43-,44+,45+,46-/m0/s1. The lowest BCUT2D eigenvalue weighted by Gasteiger charge is -2.70. The first-order valence-corrected chi connectivity index (χ1v) is 20.4. The van der Waals surface area contributed by atoms with Gasteiger partial charge in [-0.2, -0.15) is 5.10 Å². The van der Waals surface area contributed by atoms with Crippen LogP contribution >= 0.6 is 0 Å². The molecule has 8 heteroatoms. The summed E-state index contributed by atoms with van der Waals surface area (Å²) in [6.45, 7) is 18.0. The molecule has 0 saturated heterocycles. The number of carbonyl (C=O) groups is 2. The van der Waals surface area contributed by atoms with Crippen molar-refractivity contribution in [3.8, 4) is 0 Å². The van der Waals surface area contributed by atoms with Crippen LogP contribution in [0.4, 0.5) is 10.6 Å². The van der Waals surface area contributed by atoms with Gasteiger partial charge in [0.25, 0.3) is 0 Å². The highest BCUT2D eigenvalue weighted by molar-refractivity contribution is 5.85. The van der Waals surface area contributed by atoms with E-state index in [2.05, 4.69) is 89.6 Å². The molecule has 3 saturated carbocycles. The van der Waals surface area contributed by atoms with E-state index in [1.54, 1.807) is 0 Å². The normalized spacial score (nSPS) is 34.4. The summed E-state index contributed by atoms with van der Waals surface area (Å²) in [5, 5.41) is 8.60. The summed E-state index contributed by atoms with van der Waals surface area (Å²) in [7, 11) is 0. The van der Waals surface area contributed by atoms with Crippen molar-refractivity contribution in [1.29, 1.82) is 0 Å². The van der Waals surface area contributed by atoms with Crippen molar-refractivity contribution >= 4 is 17.8 Å². The number of aromatic nitrogens is 2. The highest BCUT2D eigenvalue weighted by Gasteiger charge is 2.69. The Morgan fingerprint density at radius 2 is 1.54 bits per heavy atom. The SMILES string of the molecule is CC1(C)CC[C@]2(C(=O)NN)CC[C@]3(C)C(=CCC4[C@@]5(C)Cc6c(nn(Cc7ccccc7)c6NC(=O)OCc6ccccc6)C(C)(C)C5CC[C@]43C)C2C1. The van der Waals surface area contributed by atoms with E-state index in [1.807, 2.05) is 41.1 Å². The molecule has 4 N–H and O–H groups in total. The lowest BCUT2D eigenvalue weighted by Crippen LogP contribution is -2.65. The van der Waals surface area contributed by atoms with E-state index in [4.69, 9.17) is 15.7 Å². The van der Waals surface area contributed by atoms with Gasteiger partial charge in [0.1, 0.15) is 12.4 Å². The Bertz CT molecular complexity index is 1970. The Kier molecular flexibility index (Phi) is 8.80. The topological polar surface area (TPSA) is 111 Å². The van der Waals surface area contributed by atoms with Gasteiger partial charge in [-0.05, 0) is 108 Å². The van der Waals surface area contributed by atoms with E-state index in [1.165, 1.54) is 5.57 Å². The highest BCUT2D eigenvalue weighted by Crippen LogP contribution is 2.75. The van der Waals surface area contributed by atoms with Gasteiger partial charge in [0.05, 0.1) is 17.7 Å². The van der Waals surface area contributed by atoms with Gasteiger partial charge >= 0.3 is 6.09 Å². The molecule has 0 radical (unpaired) electrons. The van der Waals surface area contributed by atoms with E-state index in [9.17, 15) is 9.59 Å². The number of hydrogen-bond acceptors (Lipinski definition) is 5. The van der Waals surface area contributed by atoms with E-state index < -0.39 is 11.5 Å². The monoisotopic (exact) mass is 731 g/mol. The van der Waals surface area contributed by atoms with Crippen molar-refractivity contribution in [1.82, 2.24) is 15.2 Å². The molecular formula is C46H61N5O3. The fraction of sp³-hybridized carbons (Fsp3) is 0.587. The van der Waals surface area contributed by atoms with Crippen molar-refractivity contribution in [2.24, 2.45) is 50.7 Å². The Morgan fingerprint density at radius 3 is 2.22 bits per heavy atom. The Morgan fingerprint density at radius 1 is 0.870 bits per heavy atom. The first kappa shape index (κ1) is 37.0. The molecule has 8 rings (SSSR count). The fourth-order valence-electron chi connectivity index (χ4n) is 13.2. The van der Waals surface area contributed by atoms with Gasteiger partial charge < -0.3 is 4.74 Å². The first-order chi connectivity index (χ1) is 25.6. The van der Waals surface area contributed by atoms with Gasteiger partial charge in [0, 0.05) is 11.0 Å². The van der Waals surface area contributed by atoms with Crippen molar-refractivity contribution in [2.45, 2.75) is 125 Å².